The summed E-state index contributed by atoms with van der Waals surface area (Å²) in [6, 6.07) is 21.0. The summed E-state index contributed by atoms with van der Waals surface area (Å²) in [4.78, 5) is 24.2. The van der Waals surface area contributed by atoms with E-state index in [9.17, 15) is 14.7 Å². The second-order valence-corrected chi connectivity index (χ2v) is 10.8. The van der Waals surface area contributed by atoms with Crippen molar-refractivity contribution >= 4 is 23.0 Å². The summed E-state index contributed by atoms with van der Waals surface area (Å²) in [6.07, 6.45) is -1.13. The summed E-state index contributed by atoms with van der Waals surface area (Å²) in [5.41, 5.74) is 4.29. The maximum Gasteiger partial charge on any atom is 0.407 e. The van der Waals surface area contributed by atoms with Gasteiger partial charge in [-0.15, -0.1) is 0 Å². The molecule has 41 heavy (non-hydrogen) atoms. The number of hydrogen-bond donors (Lipinski definition) is 2. The lowest BCUT2D eigenvalue weighted by Crippen LogP contribution is -2.32. The highest BCUT2D eigenvalue weighted by molar-refractivity contribution is 5.93. The molecule has 0 saturated carbocycles. The van der Waals surface area contributed by atoms with Crippen LogP contribution in [0, 0.1) is 0 Å². The second kappa shape index (κ2) is 12.9. The lowest BCUT2D eigenvalue weighted by atomic mass is 9.99. The van der Waals surface area contributed by atoms with Crippen LogP contribution in [0.5, 0.6) is 5.75 Å². The number of hydrogen-bond acceptors (Lipinski definition) is 7. The van der Waals surface area contributed by atoms with Gasteiger partial charge in [0.25, 0.3) is 0 Å². The van der Waals surface area contributed by atoms with Gasteiger partial charge in [0.2, 0.25) is 0 Å². The Morgan fingerprint density at radius 3 is 2.51 bits per heavy atom. The Bertz CT molecular complexity index is 1510. The van der Waals surface area contributed by atoms with Crippen LogP contribution in [-0.2, 0) is 33.8 Å². The SMILES string of the molecule is CCOC(=O)Cc1ccccc1OCc1cc(-c2cccc(CNC(=O)OC(C)(C)C)c2)c2oc(C(C)O)cc2c1. The number of furan rings is 1. The van der Waals surface area contributed by atoms with Crippen LogP contribution in [0.2, 0.25) is 0 Å². The van der Waals surface area contributed by atoms with Crippen LogP contribution in [0.15, 0.2) is 71.1 Å². The van der Waals surface area contributed by atoms with Gasteiger partial charge in [0.15, 0.2) is 0 Å². The van der Waals surface area contributed by atoms with Gasteiger partial charge in [-0.05, 0) is 81.6 Å². The second-order valence-electron chi connectivity index (χ2n) is 10.8. The topological polar surface area (TPSA) is 107 Å². The van der Waals surface area contributed by atoms with Gasteiger partial charge in [0, 0.05) is 23.1 Å². The van der Waals surface area contributed by atoms with Gasteiger partial charge in [0.05, 0.1) is 13.0 Å². The Morgan fingerprint density at radius 1 is 1.00 bits per heavy atom. The molecule has 0 saturated heterocycles. The zero-order valence-corrected chi connectivity index (χ0v) is 24.2. The van der Waals surface area contributed by atoms with E-state index in [1.165, 1.54) is 0 Å². The number of carbonyl (C=O) groups is 2. The van der Waals surface area contributed by atoms with Crippen molar-refractivity contribution in [2.24, 2.45) is 0 Å². The van der Waals surface area contributed by atoms with E-state index in [1.807, 2.05) is 87.5 Å². The molecule has 0 bridgehead atoms. The summed E-state index contributed by atoms with van der Waals surface area (Å²) in [6.45, 7) is 9.75. The zero-order valence-electron chi connectivity index (χ0n) is 24.2. The highest BCUT2D eigenvalue weighted by atomic mass is 16.6. The fourth-order valence-electron chi connectivity index (χ4n) is 4.40. The lowest BCUT2D eigenvalue weighted by Gasteiger charge is -2.19. The van der Waals surface area contributed by atoms with Gasteiger partial charge in [-0.3, -0.25) is 4.79 Å². The molecule has 2 N–H and O–H groups in total. The third kappa shape index (κ3) is 8.11. The van der Waals surface area contributed by atoms with Crippen molar-refractivity contribution in [3.05, 3.63) is 89.2 Å². The lowest BCUT2D eigenvalue weighted by molar-refractivity contribution is -0.142. The number of rotatable bonds is 10. The average molecular weight is 560 g/mol. The van der Waals surface area contributed by atoms with E-state index in [1.54, 1.807) is 13.8 Å². The van der Waals surface area contributed by atoms with Crippen LogP contribution in [0.4, 0.5) is 4.79 Å². The van der Waals surface area contributed by atoms with Crippen LogP contribution in [0.1, 0.15) is 63.2 Å². The number of benzene rings is 3. The number of nitrogens with one attached hydrogen (secondary N) is 1. The number of aliphatic hydroxyl groups excluding tert-OH is 1. The molecule has 0 aliphatic heterocycles. The number of para-hydroxylation sites is 1. The van der Waals surface area contributed by atoms with Gasteiger partial charge in [-0.1, -0.05) is 36.4 Å². The zero-order chi connectivity index (χ0) is 29.6. The molecule has 0 spiro atoms. The number of carbonyl (C=O) groups excluding carboxylic acids is 2. The van der Waals surface area contributed by atoms with Crippen LogP contribution >= 0.6 is 0 Å². The number of fused-ring (bicyclic) bond motifs is 1. The molecule has 8 heteroatoms. The van der Waals surface area contributed by atoms with E-state index in [0.717, 1.165) is 33.2 Å². The first-order valence-corrected chi connectivity index (χ1v) is 13.7. The molecule has 1 unspecified atom stereocenters. The van der Waals surface area contributed by atoms with E-state index < -0.39 is 17.8 Å². The molecule has 1 heterocycles. The van der Waals surface area contributed by atoms with Gasteiger partial charge < -0.3 is 29.1 Å². The van der Waals surface area contributed by atoms with Crippen LogP contribution < -0.4 is 10.1 Å². The Morgan fingerprint density at radius 2 is 1.78 bits per heavy atom. The molecule has 0 radical (unpaired) electrons. The van der Waals surface area contributed by atoms with Gasteiger partial charge >= 0.3 is 12.1 Å². The first-order valence-electron chi connectivity index (χ1n) is 13.7. The minimum absolute atomic E-state index is 0.123. The minimum Gasteiger partial charge on any atom is -0.489 e. The molecule has 1 aromatic heterocycles. The predicted octanol–water partition coefficient (Wildman–Crippen LogP) is 6.86. The van der Waals surface area contributed by atoms with Crippen molar-refractivity contribution in [3.8, 4) is 16.9 Å². The summed E-state index contributed by atoms with van der Waals surface area (Å²) in [5.74, 6) is 0.758. The average Bonchev–Trinajstić information content (AvgIpc) is 3.35. The number of amides is 1. The summed E-state index contributed by atoms with van der Waals surface area (Å²) in [7, 11) is 0. The van der Waals surface area contributed by atoms with Gasteiger partial charge in [-0.2, -0.15) is 0 Å². The molecular formula is C33H37NO7. The Hall–Kier alpha value is -4.30. The summed E-state index contributed by atoms with van der Waals surface area (Å²) < 4.78 is 22.7. The van der Waals surface area contributed by atoms with Crippen LogP contribution in [0.25, 0.3) is 22.1 Å². The fourth-order valence-corrected chi connectivity index (χ4v) is 4.40. The molecule has 0 fully saturated rings. The van der Waals surface area contributed by atoms with Crippen molar-refractivity contribution in [1.82, 2.24) is 5.32 Å². The molecule has 216 valence electrons. The van der Waals surface area contributed by atoms with Gasteiger partial charge in [0.1, 0.15) is 35.4 Å². The first kappa shape index (κ1) is 29.7. The largest absolute Gasteiger partial charge is 0.489 e. The Balaban J connectivity index is 1.62. The maximum absolute atomic E-state index is 12.2. The Labute approximate surface area is 240 Å². The highest BCUT2D eigenvalue weighted by Crippen LogP contribution is 2.35. The molecule has 3 aromatic carbocycles. The standard InChI is InChI=1S/C33H37NO7/c1-6-38-30(36)18-25-11-7-8-13-28(25)39-20-23-15-26-17-29(21(2)35)40-31(26)27(16-23)24-12-9-10-22(14-24)19-34-32(37)41-33(3,4)5/h7-17,21,35H,6,18-20H2,1-5H3,(H,34,37). The summed E-state index contributed by atoms with van der Waals surface area (Å²) >= 11 is 0. The molecular weight excluding hydrogens is 522 g/mol. The number of alkyl carbamates (subject to hydrolysis) is 1. The number of esters is 1. The van der Waals surface area contributed by atoms with E-state index >= 15 is 0 Å². The Kier molecular flexibility index (Phi) is 9.35. The smallest absolute Gasteiger partial charge is 0.407 e. The van der Waals surface area contributed by atoms with Gasteiger partial charge in [-0.25, -0.2) is 4.79 Å². The molecule has 4 aromatic rings. The van der Waals surface area contributed by atoms with Crippen molar-refractivity contribution in [3.63, 3.8) is 0 Å². The fraction of sp³-hybridized carbons (Fsp3) is 0.333. The molecule has 1 atom stereocenters. The highest BCUT2D eigenvalue weighted by Gasteiger charge is 2.18. The molecule has 4 rings (SSSR count). The van der Waals surface area contributed by atoms with E-state index in [2.05, 4.69) is 5.32 Å². The minimum atomic E-state index is -0.769. The maximum atomic E-state index is 12.2. The normalized spacial score (nSPS) is 12.1. The van der Waals surface area contributed by atoms with Crippen molar-refractivity contribution in [1.29, 1.82) is 0 Å². The van der Waals surface area contributed by atoms with Crippen molar-refractivity contribution in [2.45, 2.75) is 65.9 Å². The molecule has 8 nitrogen and oxygen atoms in total. The third-order valence-corrected chi connectivity index (χ3v) is 6.19. The number of ether oxygens (including phenoxy) is 3. The van der Waals surface area contributed by atoms with Crippen LogP contribution in [0.3, 0.4) is 0 Å². The molecule has 1 amide bonds. The van der Waals surface area contributed by atoms with E-state index in [-0.39, 0.29) is 19.0 Å². The van der Waals surface area contributed by atoms with Crippen molar-refractivity contribution in [2.75, 3.05) is 6.61 Å². The molecule has 0 aliphatic rings. The third-order valence-electron chi connectivity index (χ3n) is 6.19. The first-order chi connectivity index (χ1) is 19.5. The summed E-state index contributed by atoms with van der Waals surface area (Å²) in [5, 5.41) is 13.8. The number of aliphatic hydroxyl groups is 1. The monoisotopic (exact) mass is 559 g/mol. The molecule has 0 aliphatic carbocycles. The van der Waals surface area contributed by atoms with E-state index in [0.29, 0.717) is 30.2 Å². The van der Waals surface area contributed by atoms with Crippen LogP contribution in [-0.4, -0.2) is 29.4 Å². The van der Waals surface area contributed by atoms with Crippen molar-refractivity contribution < 1.29 is 33.3 Å². The quantitative estimate of drug-likeness (QED) is 0.204. The van der Waals surface area contributed by atoms with E-state index in [4.69, 9.17) is 18.6 Å². The predicted molar refractivity (Wildman–Crippen MR) is 156 cm³/mol.